The monoisotopic (exact) mass is 190 g/mol. The van der Waals surface area contributed by atoms with E-state index in [-0.39, 0.29) is 5.75 Å². The number of nitrogens with two attached hydrogens (primary N) is 1. The molecule has 1 rings (SSSR count). The summed E-state index contributed by atoms with van der Waals surface area (Å²) >= 11 is 1.02. The third-order valence-electron chi connectivity index (χ3n) is 1.12. The average Bonchev–Trinajstić information content (AvgIpc) is 2.03. The Morgan fingerprint density at radius 3 is 2.75 bits per heavy atom. The maximum absolute atomic E-state index is 11.7. The van der Waals surface area contributed by atoms with Gasteiger partial charge in [-0.15, -0.1) is 11.8 Å². The average molecular weight is 190 g/mol. The second kappa shape index (κ2) is 4.25. The number of nitrogens with zero attached hydrogens (tertiary/aromatic N) is 1. The number of rotatable bonds is 3. The molecule has 0 unspecified atom stereocenters. The Balaban J connectivity index is 2.48. The van der Waals surface area contributed by atoms with Gasteiger partial charge in [-0.3, -0.25) is 0 Å². The van der Waals surface area contributed by atoms with E-state index in [9.17, 15) is 8.78 Å². The van der Waals surface area contributed by atoms with Crippen molar-refractivity contribution < 1.29 is 8.78 Å². The molecule has 1 aromatic heterocycles. The van der Waals surface area contributed by atoms with E-state index < -0.39 is 6.43 Å². The number of alkyl halides is 2. The fourth-order valence-electron chi connectivity index (χ4n) is 0.625. The van der Waals surface area contributed by atoms with Gasteiger partial charge in [-0.1, -0.05) is 0 Å². The lowest BCUT2D eigenvalue weighted by molar-refractivity contribution is 0.177. The maximum atomic E-state index is 11.7. The minimum Gasteiger partial charge on any atom is -0.397 e. The number of hydrogen-bond acceptors (Lipinski definition) is 3. The number of halogens is 2. The summed E-state index contributed by atoms with van der Waals surface area (Å²) in [5, 5.41) is 0.574. The van der Waals surface area contributed by atoms with Crippen molar-refractivity contribution in [2.24, 2.45) is 0 Å². The third-order valence-corrected chi connectivity index (χ3v) is 2.07. The SMILES string of the molecule is Nc1ccc(SCC(F)F)nc1. The summed E-state index contributed by atoms with van der Waals surface area (Å²) in [5.74, 6) is -0.225. The van der Waals surface area contributed by atoms with Crippen molar-refractivity contribution in [3.8, 4) is 0 Å². The summed E-state index contributed by atoms with van der Waals surface area (Å²) in [5.41, 5.74) is 5.90. The number of thioether (sulfide) groups is 1. The summed E-state index contributed by atoms with van der Waals surface area (Å²) in [7, 11) is 0. The molecule has 66 valence electrons. The van der Waals surface area contributed by atoms with E-state index in [1.54, 1.807) is 12.1 Å². The molecule has 12 heavy (non-hydrogen) atoms. The van der Waals surface area contributed by atoms with Gasteiger partial charge in [0.25, 0.3) is 0 Å². The summed E-state index contributed by atoms with van der Waals surface area (Å²) in [6, 6.07) is 3.27. The zero-order chi connectivity index (χ0) is 8.97. The predicted octanol–water partition coefficient (Wildman–Crippen LogP) is 2.02. The molecular weight excluding hydrogens is 182 g/mol. The zero-order valence-corrected chi connectivity index (χ0v) is 7.02. The highest BCUT2D eigenvalue weighted by atomic mass is 32.2. The van der Waals surface area contributed by atoms with Crippen molar-refractivity contribution in [3.63, 3.8) is 0 Å². The van der Waals surface area contributed by atoms with Crippen LogP contribution in [0.4, 0.5) is 14.5 Å². The summed E-state index contributed by atoms with van der Waals surface area (Å²) < 4.78 is 23.5. The highest BCUT2D eigenvalue weighted by Crippen LogP contribution is 2.17. The van der Waals surface area contributed by atoms with Gasteiger partial charge in [0.2, 0.25) is 6.43 Å². The van der Waals surface area contributed by atoms with Crippen molar-refractivity contribution in [3.05, 3.63) is 18.3 Å². The van der Waals surface area contributed by atoms with Gasteiger partial charge in [0.05, 0.1) is 22.7 Å². The topological polar surface area (TPSA) is 38.9 Å². The van der Waals surface area contributed by atoms with Crippen molar-refractivity contribution in [2.45, 2.75) is 11.5 Å². The second-order valence-electron chi connectivity index (χ2n) is 2.13. The van der Waals surface area contributed by atoms with Gasteiger partial charge in [0.15, 0.2) is 0 Å². The minimum atomic E-state index is -2.30. The molecule has 2 nitrogen and oxygen atoms in total. The van der Waals surface area contributed by atoms with E-state index in [1.807, 2.05) is 0 Å². The molecule has 0 aliphatic carbocycles. The van der Waals surface area contributed by atoms with Crippen LogP contribution in [-0.4, -0.2) is 17.2 Å². The van der Waals surface area contributed by atoms with Gasteiger partial charge in [-0.2, -0.15) is 0 Å². The second-order valence-corrected chi connectivity index (χ2v) is 3.17. The minimum absolute atomic E-state index is 0.225. The molecule has 0 aliphatic heterocycles. The highest BCUT2D eigenvalue weighted by Gasteiger charge is 2.03. The first-order valence-electron chi connectivity index (χ1n) is 3.31. The van der Waals surface area contributed by atoms with Crippen LogP contribution in [0.15, 0.2) is 23.4 Å². The Kier molecular flexibility index (Phi) is 3.28. The molecule has 0 saturated carbocycles. The zero-order valence-electron chi connectivity index (χ0n) is 6.21. The van der Waals surface area contributed by atoms with Crippen LogP contribution in [0.5, 0.6) is 0 Å². The van der Waals surface area contributed by atoms with Crippen LogP contribution in [0.1, 0.15) is 0 Å². The van der Waals surface area contributed by atoms with E-state index in [0.717, 1.165) is 11.8 Å². The molecule has 0 radical (unpaired) electrons. The van der Waals surface area contributed by atoms with Crippen LogP contribution >= 0.6 is 11.8 Å². The lowest BCUT2D eigenvalue weighted by Gasteiger charge is -1.99. The number of pyridine rings is 1. The van der Waals surface area contributed by atoms with Crippen LogP contribution < -0.4 is 5.73 Å². The van der Waals surface area contributed by atoms with Crippen molar-refractivity contribution >= 4 is 17.4 Å². The summed E-state index contributed by atoms with van der Waals surface area (Å²) in [6.45, 7) is 0. The van der Waals surface area contributed by atoms with E-state index >= 15 is 0 Å². The van der Waals surface area contributed by atoms with Crippen molar-refractivity contribution in [1.29, 1.82) is 0 Å². The van der Waals surface area contributed by atoms with Crippen molar-refractivity contribution in [2.75, 3.05) is 11.5 Å². The molecule has 0 saturated heterocycles. The fourth-order valence-corrected chi connectivity index (χ4v) is 1.21. The molecule has 0 aliphatic rings. The quantitative estimate of drug-likeness (QED) is 0.741. The molecule has 0 bridgehead atoms. The lowest BCUT2D eigenvalue weighted by atomic mass is 10.4. The first-order valence-corrected chi connectivity index (χ1v) is 4.29. The van der Waals surface area contributed by atoms with Gasteiger partial charge in [-0.05, 0) is 12.1 Å². The molecular formula is C7H8F2N2S. The molecule has 1 heterocycles. The van der Waals surface area contributed by atoms with Gasteiger partial charge < -0.3 is 5.73 Å². The fraction of sp³-hybridized carbons (Fsp3) is 0.286. The van der Waals surface area contributed by atoms with E-state index in [4.69, 9.17) is 5.73 Å². The van der Waals surface area contributed by atoms with Gasteiger partial charge in [0, 0.05) is 0 Å². The largest absolute Gasteiger partial charge is 0.397 e. The van der Waals surface area contributed by atoms with Crippen LogP contribution in [0.3, 0.4) is 0 Å². The number of aromatic nitrogens is 1. The van der Waals surface area contributed by atoms with Crippen LogP contribution in [-0.2, 0) is 0 Å². The number of nitrogen functional groups attached to an aromatic ring is 1. The molecule has 0 aromatic carbocycles. The van der Waals surface area contributed by atoms with E-state index in [1.165, 1.54) is 6.20 Å². The van der Waals surface area contributed by atoms with Crippen LogP contribution in [0.25, 0.3) is 0 Å². The molecule has 0 atom stereocenters. The number of anilines is 1. The number of hydrogen-bond donors (Lipinski definition) is 1. The molecule has 0 fully saturated rings. The Labute approximate surface area is 73.2 Å². The normalized spacial score (nSPS) is 10.6. The smallest absolute Gasteiger partial charge is 0.247 e. The molecule has 0 spiro atoms. The molecule has 1 aromatic rings. The lowest BCUT2D eigenvalue weighted by Crippen LogP contribution is -1.94. The van der Waals surface area contributed by atoms with Gasteiger partial charge >= 0.3 is 0 Å². The standard InChI is InChI=1S/C7H8F2N2S/c8-6(9)4-12-7-2-1-5(10)3-11-7/h1-3,6H,4,10H2. The summed E-state index contributed by atoms with van der Waals surface area (Å²) in [6.07, 6.45) is -0.845. The van der Waals surface area contributed by atoms with E-state index in [2.05, 4.69) is 4.98 Å². The van der Waals surface area contributed by atoms with Gasteiger partial charge in [-0.25, -0.2) is 13.8 Å². The maximum Gasteiger partial charge on any atom is 0.247 e. The summed E-state index contributed by atoms with van der Waals surface area (Å²) in [4.78, 5) is 3.85. The van der Waals surface area contributed by atoms with Crippen LogP contribution in [0.2, 0.25) is 0 Å². The Bertz CT molecular complexity index is 238. The first kappa shape index (κ1) is 9.25. The molecule has 0 amide bonds. The van der Waals surface area contributed by atoms with Crippen LogP contribution in [0, 0.1) is 0 Å². The van der Waals surface area contributed by atoms with Crippen molar-refractivity contribution in [1.82, 2.24) is 4.98 Å². The first-order chi connectivity index (χ1) is 5.68. The molecule has 5 heteroatoms. The van der Waals surface area contributed by atoms with E-state index in [0.29, 0.717) is 10.7 Å². The molecule has 2 N–H and O–H groups in total. The predicted molar refractivity (Wildman–Crippen MR) is 45.4 cm³/mol. The highest BCUT2D eigenvalue weighted by molar-refractivity contribution is 7.99. The Morgan fingerprint density at radius 2 is 2.25 bits per heavy atom. The Morgan fingerprint density at radius 1 is 1.50 bits per heavy atom. The third kappa shape index (κ3) is 3.04. The Hall–Kier alpha value is -0.840. The van der Waals surface area contributed by atoms with Gasteiger partial charge in [0.1, 0.15) is 0 Å².